The molecule has 0 aromatic carbocycles. The maximum Gasteiger partial charge on any atom is 0.317 e. The first kappa shape index (κ1) is 32.7. The number of carbonyl (C=O) groups excluding carboxylic acids is 4. The Morgan fingerprint density at radius 2 is 1.56 bits per heavy atom. The summed E-state index contributed by atoms with van der Waals surface area (Å²) < 4.78 is 16.7. The van der Waals surface area contributed by atoms with E-state index in [0.717, 1.165) is 51.4 Å². The molecule has 0 amide bonds. The fourth-order valence-corrected chi connectivity index (χ4v) is 13.0. The van der Waals surface area contributed by atoms with E-state index < -0.39 is 11.9 Å². The van der Waals surface area contributed by atoms with Crippen LogP contribution in [-0.4, -0.2) is 36.6 Å². The van der Waals surface area contributed by atoms with Crippen molar-refractivity contribution in [3.8, 4) is 0 Å². The third kappa shape index (κ3) is 4.86. The van der Waals surface area contributed by atoms with E-state index in [1.807, 2.05) is 0 Å². The Morgan fingerprint density at radius 3 is 2.20 bits per heavy atom. The normalized spacial score (nSPS) is 46.2. The van der Waals surface area contributed by atoms with Crippen LogP contribution in [0.4, 0.5) is 0 Å². The highest BCUT2D eigenvalue weighted by atomic mass is 16.6. The van der Waals surface area contributed by atoms with Crippen LogP contribution in [0.1, 0.15) is 132 Å². The van der Waals surface area contributed by atoms with Crippen molar-refractivity contribution in [3.05, 3.63) is 11.1 Å². The van der Waals surface area contributed by atoms with Crippen LogP contribution < -0.4 is 0 Å². The first-order valence-corrected chi connectivity index (χ1v) is 17.7. The maximum atomic E-state index is 12.5. The molecule has 0 aromatic heterocycles. The number of allylic oxidation sites excluding steroid dienone is 2. The van der Waals surface area contributed by atoms with Gasteiger partial charge in [-0.05, 0) is 117 Å². The Bertz CT molecular complexity index is 1310. The molecule has 0 aromatic rings. The number of hydrogen-bond donors (Lipinski definition) is 0. The highest BCUT2D eigenvalue weighted by Crippen LogP contribution is 2.77. The topological polar surface area (TPSA) is 96.0 Å². The van der Waals surface area contributed by atoms with E-state index >= 15 is 0 Å². The summed E-state index contributed by atoms with van der Waals surface area (Å²) in [5.41, 5.74) is 3.03. The highest BCUT2D eigenvalue weighted by molar-refractivity contribution is 5.94. The van der Waals surface area contributed by atoms with Crippen LogP contribution in [0, 0.1) is 56.7 Å². The van der Waals surface area contributed by atoms with Gasteiger partial charge in [0.1, 0.15) is 6.10 Å². The maximum absolute atomic E-state index is 12.5. The highest BCUT2D eigenvalue weighted by Gasteiger charge is 2.70. The number of carbonyl (C=O) groups is 4. The number of rotatable bonds is 5. The third-order valence-corrected chi connectivity index (χ3v) is 15.3. The van der Waals surface area contributed by atoms with Crippen molar-refractivity contribution in [2.75, 3.05) is 6.61 Å². The zero-order valence-electron chi connectivity index (χ0n) is 29.0. The van der Waals surface area contributed by atoms with Crippen LogP contribution in [0.5, 0.6) is 0 Å². The first-order valence-electron chi connectivity index (χ1n) is 17.7. The second-order valence-electron chi connectivity index (χ2n) is 17.5. The van der Waals surface area contributed by atoms with Crippen LogP contribution >= 0.6 is 0 Å². The molecule has 6 rings (SSSR count). The number of fused-ring (bicyclic) bond motifs is 7. The largest absolute Gasteiger partial charge is 0.465 e. The van der Waals surface area contributed by atoms with E-state index in [-0.39, 0.29) is 57.5 Å². The van der Waals surface area contributed by atoms with Gasteiger partial charge in [0.15, 0.2) is 0 Å². The summed E-state index contributed by atoms with van der Waals surface area (Å²) >= 11 is 0. The molecule has 6 aliphatic rings. The molecule has 10 atom stereocenters. The third-order valence-electron chi connectivity index (χ3n) is 15.3. The van der Waals surface area contributed by atoms with Crippen LogP contribution in [0.2, 0.25) is 0 Å². The van der Waals surface area contributed by atoms with Crippen LogP contribution in [0.3, 0.4) is 0 Å². The molecule has 5 saturated carbocycles. The molecule has 250 valence electrons. The molecule has 1 aliphatic heterocycles. The van der Waals surface area contributed by atoms with E-state index in [1.165, 1.54) is 30.9 Å². The summed E-state index contributed by atoms with van der Waals surface area (Å²) in [5.74, 6) is 0.303. The lowest BCUT2D eigenvalue weighted by molar-refractivity contribution is -0.247. The van der Waals surface area contributed by atoms with Gasteiger partial charge >= 0.3 is 23.9 Å². The van der Waals surface area contributed by atoms with Gasteiger partial charge in [0.05, 0.1) is 18.9 Å². The quantitative estimate of drug-likeness (QED) is 0.134. The molecule has 6 fully saturated rings. The molecule has 1 heterocycles. The zero-order chi connectivity index (χ0) is 32.7. The number of esters is 4. The van der Waals surface area contributed by atoms with Gasteiger partial charge in [0, 0.05) is 24.7 Å². The van der Waals surface area contributed by atoms with E-state index in [0.29, 0.717) is 36.7 Å². The predicted octanol–water partition coefficient (Wildman–Crippen LogP) is 7.74. The standard InChI is InChI=1S/C38H56O7/c1-22(19-25-20-31(41)45-33(25)42)26-11-16-38(21-43-23(2)39)18-17-36(7)27(32(26)38)9-10-29-35(6)14-13-30(44-24(3)40)34(4,5)28(35)12-15-37(29,36)8/h25,27-30,32H,9-21H2,1-8H3/b26-22+/t25?,27?,28?,29?,30-,32?,35-,36+,37+,38+/m0/s1. The first-order chi connectivity index (χ1) is 21.0. The number of ether oxygens (including phenoxy) is 3. The van der Waals surface area contributed by atoms with E-state index in [1.54, 1.807) is 6.92 Å². The fourth-order valence-electron chi connectivity index (χ4n) is 13.0. The lowest BCUT2D eigenvalue weighted by Crippen LogP contribution is -2.66. The SMILES string of the molecule is CC(=O)OC[C@]12CC/C(=C(/C)CC3CC(=O)OC3=O)C1C1CCC3[C@@]4(C)CC[C@H](OC(C)=O)C(C)(C)C4CC[C@@]3(C)[C@]1(C)CC2. The Labute approximate surface area is 270 Å². The Morgan fingerprint density at radius 1 is 0.822 bits per heavy atom. The summed E-state index contributed by atoms with van der Waals surface area (Å²) in [7, 11) is 0. The van der Waals surface area contributed by atoms with E-state index in [4.69, 9.17) is 14.2 Å². The van der Waals surface area contributed by atoms with Crippen molar-refractivity contribution in [2.45, 2.75) is 139 Å². The van der Waals surface area contributed by atoms with Crippen LogP contribution in [-0.2, 0) is 33.4 Å². The molecule has 1 saturated heterocycles. The minimum atomic E-state index is -0.413. The Kier molecular flexibility index (Phi) is 7.96. The van der Waals surface area contributed by atoms with Gasteiger partial charge in [0.2, 0.25) is 0 Å². The van der Waals surface area contributed by atoms with Gasteiger partial charge in [-0.2, -0.15) is 0 Å². The summed E-state index contributed by atoms with van der Waals surface area (Å²) in [4.78, 5) is 48.5. The average molecular weight is 625 g/mol. The van der Waals surface area contributed by atoms with Gasteiger partial charge < -0.3 is 14.2 Å². The summed E-state index contributed by atoms with van der Waals surface area (Å²) in [6, 6.07) is 0. The minimum Gasteiger partial charge on any atom is -0.465 e. The van der Waals surface area contributed by atoms with Crippen molar-refractivity contribution >= 4 is 23.9 Å². The van der Waals surface area contributed by atoms with Gasteiger partial charge in [-0.1, -0.05) is 45.8 Å². The van der Waals surface area contributed by atoms with Gasteiger partial charge in [-0.3, -0.25) is 19.2 Å². The van der Waals surface area contributed by atoms with Crippen molar-refractivity contribution < 1.29 is 33.4 Å². The van der Waals surface area contributed by atoms with Crippen molar-refractivity contribution in [1.29, 1.82) is 0 Å². The molecule has 7 heteroatoms. The molecule has 0 radical (unpaired) electrons. The fraction of sp³-hybridized carbons (Fsp3) is 0.842. The Balaban J connectivity index is 1.35. The zero-order valence-corrected chi connectivity index (χ0v) is 29.0. The van der Waals surface area contributed by atoms with Gasteiger partial charge in [0.25, 0.3) is 0 Å². The van der Waals surface area contributed by atoms with Gasteiger partial charge in [-0.25, -0.2) is 0 Å². The molecule has 5 unspecified atom stereocenters. The molecule has 0 bridgehead atoms. The Hall–Kier alpha value is -2.18. The lowest BCUT2D eigenvalue weighted by atomic mass is 9.32. The molecular weight excluding hydrogens is 568 g/mol. The molecule has 0 N–H and O–H groups in total. The molecule has 5 aliphatic carbocycles. The molecule has 7 nitrogen and oxygen atoms in total. The van der Waals surface area contributed by atoms with E-state index in [9.17, 15) is 19.2 Å². The second kappa shape index (κ2) is 10.9. The minimum absolute atomic E-state index is 0.0254. The number of hydrogen-bond acceptors (Lipinski definition) is 7. The average Bonchev–Trinajstić information content (AvgIpc) is 3.48. The molecular formula is C38H56O7. The van der Waals surface area contributed by atoms with Crippen molar-refractivity contribution in [2.24, 2.45) is 56.7 Å². The summed E-state index contributed by atoms with van der Waals surface area (Å²) in [6.45, 7) is 18.1. The van der Waals surface area contributed by atoms with Crippen molar-refractivity contribution in [1.82, 2.24) is 0 Å². The molecule has 45 heavy (non-hydrogen) atoms. The summed E-state index contributed by atoms with van der Waals surface area (Å²) in [5, 5.41) is 0. The molecule has 0 spiro atoms. The smallest absolute Gasteiger partial charge is 0.317 e. The summed E-state index contributed by atoms with van der Waals surface area (Å²) in [6.07, 6.45) is 11.6. The number of cyclic esters (lactones) is 2. The van der Waals surface area contributed by atoms with Crippen LogP contribution in [0.25, 0.3) is 0 Å². The van der Waals surface area contributed by atoms with Crippen molar-refractivity contribution in [3.63, 3.8) is 0 Å². The van der Waals surface area contributed by atoms with Crippen LogP contribution in [0.15, 0.2) is 11.1 Å². The monoisotopic (exact) mass is 624 g/mol. The lowest BCUT2D eigenvalue weighted by Gasteiger charge is -2.72. The predicted molar refractivity (Wildman–Crippen MR) is 169 cm³/mol. The van der Waals surface area contributed by atoms with E-state index in [2.05, 4.69) is 41.5 Å². The second-order valence-corrected chi connectivity index (χ2v) is 17.5. The van der Waals surface area contributed by atoms with Gasteiger partial charge in [-0.15, -0.1) is 0 Å².